The molecule has 0 aliphatic rings. The first-order chi connectivity index (χ1) is 11.0. The Morgan fingerprint density at radius 2 is 1.04 bits per heavy atom. The normalized spacial score (nSPS) is 11.0. The molecule has 2 rings (SSSR count). The van der Waals surface area contributed by atoms with E-state index in [2.05, 4.69) is 0 Å². The van der Waals surface area contributed by atoms with E-state index >= 15 is 0 Å². The molecular weight excluding hydrogens is 364 g/mol. The van der Waals surface area contributed by atoms with Crippen molar-refractivity contribution in [3.8, 4) is 11.5 Å². The van der Waals surface area contributed by atoms with E-state index in [1.807, 2.05) is 49.3 Å². The van der Waals surface area contributed by atoms with Gasteiger partial charge in [-0.2, -0.15) is 0 Å². The van der Waals surface area contributed by atoms with Crippen molar-refractivity contribution in [1.82, 2.24) is 0 Å². The molecule has 0 radical (unpaired) electrons. The zero-order chi connectivity index (χ0) is 17.0. The maximum Gasteiger partial charge on any atom is 0.132 e. The van der Waals surface area contributed by atoms with E-state index in [9.17, 15) is 10.2 Å². The molecule has 2 aromatic carbocycles. The molecular formula is C17H20O2S4. The van der Waals surface area contributed by atoms with E-state index in [1.165, 1.54) is 23.5 Å². The summed E-state index contributed by atoms with van der Waals surface area (Å²) >= 11 is 6.38. The molecule has 0 atom stereocenters. The third-order valence-electron chi connectivity index (χ3n) is 3.55. The van der Waals surface area contributed by atoms with Gasteiger partial charge in [0.05, 0.1) is 9.79 Å². The lowest BCUT2D eigenvalue weighted by Gasteiger charge is -2.14. The summed E-state index contributed by atoms with van der Waals surface area (Å²) in [6, 6.07) is 8.01. The van der Waals surface area contributed by atoms with Crippen LogP contribution in [-0.4, -0.2) is 35.2 Å². The molecule has 6 heteroatoms. The highest BCUT2D eigenvalue weighted by atomic mass is 32.2. The van der Waals surface area contributed by atoms with E-state index < -0.39 is 0 Å². The Labute approximate surface area is 154 Å². The summed E-state index contributed by atoms with van der Waals surface area (Å²) < 4.78 is 0. The first kappa shape index (κ1) is 18.8. The highest BCUT2D eigenvalue weighted by Crippen LogP contribution is 2.39. The van der Waals surface area contributed by atoms with E-state index in [1.54, 1.807) is 23.5 Å². The highest BCUT2D eigenvalue weighted by Gasteiger charge is 2.15. The van der Waals surface area contributed by atoms with Gasteiger partial charge >= 0.3 is 0 Å². The summed E-state index contributed by atoms with van der Waals surface area (Å²) in [5.41, 5.74) is 1.70. The highest BCUT2D eigenvalue weighted by molar-refractivity contribution is 7.99. The second kappa shape index (κ2) is 8.51. The van der Waals surface area contributed by atoms with Crippen molar-refractivity contribution < 1.29 is 10.2 Å². The van der Waals surface area contributed by atoms with Crippen LogP contribution in [0.5, 0.6) is 11.5 Å². The molecule has 0 amide bonds. The number of hydrogen-bond acceptors (Lipinski definition) is 6. The van der Waals surface area contributed by atoms with Crippen LogP contribution in [0.2, 0.25) is 0 Å². The van der Waals surface area contributed by atoms with Crippen molar-refractivity contribution in [2.45, 2.75) is 26.0 Å². The summed E-state index contributed by atoms with van der Waals surface area (Å²) in [7, 11) is 0. The molecule has 0 spiro atoms. The van der Waals surface area contributed by atoms with Gasteiger partial charge in [0.25, 0.3) is 0 Å². The minimum atomic E-state index is 0.315. The summed E-state index contributed by atoms with van der Waals surface area (Å²) in [6.07, 6.45) is 8.48. The van der Waals surface area contributed by atoms with Crippen molar-refractivity contribution in [3.63, 3.8) is 0 Å². The average Bonchev–Trinajstić information content (AvgIpc) is 2.58. The Hall–Kier alpha value is -0.560. The Morgan fingerprint density at radius 3 is 1.35 bits per heavy atom. The van der Waals surface area contributed by atoms with Gasteiger partial charge in [0.1, 0.15) is 11.5 Å². The van der Waals surface area contributed by atoms with Crippen LogP contribution >= 0.6 is 47.0 Å². The van der Waals surface area contributed by atoms with Crippen LogP contribution in [0.25, 0.3) is 0 Å². The van der Waals surface area contributed by atoms with E-state index in [4.69, 9.17) is 0 Å². The minimum absolute atomic E-state index is 0.315. The number of hydrogen-bond donors (Lipinski definition) is 2. The molecule has 2 aromatic rings. The first-order valence-electron chi connectivity index (χ1n) is 6.91. The largest absolute Gasteiger partial charge is 0.506 e. The van der Waals surface area contributed by atoms with Gasteiger partial charge in [-0.3, -0.25) is 0 Å². The lowest BCUT2D eigenvalue weighted by molar-refractivity contribution is 0.449. The Bertz CT molecular complexity index is 642. The molecule has 0 saturated heterocycles. The van der Waals surface area contributed by atoms with Crippen molar-refractivity contribution in [2.24, 2.45) is 0 Å². The lowest BCUT2D eigenvalue weighted by Crippen LogP contribution is -1.94. The van der Waals surface area contributed by atoms with Gasteiger partial charge in [0, 0.05) is 27.3 Å². The van der Waals surface area contributed by atoms with Gasteiger partial charge in [-0.05, 0) is 49.3 Å². The van der Waals surface area contributed by atoms with Gasteiger partial charge < -0.3 is 10.2 Å². The van der Waals surface area contributed by atoms with Gasteiger partial charge in [0.15, 0.2) is 0 Å². The van der Waals surface area contributed by atoms with Crippen LogP contribution in [-0.2, 0) is 6.42 Å². The quantitative estimate of drug-likeness (QED) is 0.634. The summed E-state index contributed by atoms with van der Waals surface area (Å²) in [4.78, 5) is 3.98. The Morgan fingerprint density at radius 1 is 0.652 bits per heavy atom. The topological polar surface area (TPSA) is 40.5 Å². The van der Waals surface area contributed by atoms with E-state index in [-0.39, 0.29) is 0 Å². The van der Waals surface area contributed by atoms with E-state index in [0.717, 1.165) is 30.7 Å². The molecule has 2 N–H and O–H groups in total. The summed E-state index contributed by atoms with van der Waals surface area (Å²) in [5, 5.41) is 21.0. The zero-order valence-corrected chi connectivity index (χ0v) is 16.8. The van der Waals surface area contributed by atoms with Crippen LogP contribution in [0.15, 0.2) is 43.8 Å². The van der Waals surface area contributed by atoms with E-state index in [0.29, 0.717) is 17.9 Å². The second-order valence-electron chi connectivity index (χ2n) is 4.85. The molecule has 0 bridgehead atoms. The molecule has 0 aliphatic heterocycles. The van der Waals surface area contributed by atoms with Crippen LogP contribution < -0.4 is 0 Å². The van der Waals surface area contributed by atoms with Crippen LogP contribution in [0.3, 0.4) is 0 Å². The SMILES string of the molecule is CSc1cc(Cc2cc(SC)cc(SC)c2O)c(O)c(SC)c1. The fourth-order valence-corrected chi connectivity index (χ4v) is 4.58. The molecule has 23 heavy (non-hydrogen) atoms. The van der Waals surface area contributed by atoms with Crippen molar-refractivity contribution in [2.75, 3.05) is 25.0 Å². The third-order valence-corrected chi connectivity index (χ3v) is 6.46. The Balaban J connectivity index is 2.50. The standard InChI is InChI=1S/C17H20O2S4/c1-20-12-6-10(16(18)14(8-12)22-3)5-11-7-13(21-2)9-15(23-4)17(11)19/h6-9,18-19H,5H2,1-4H3. The number of aromatic hydroxyl groups is 2. The predicted octanol–water partition coefficient (Wildman–Crippen LogP) is 5.58. The fraction of sp³-hybridized carbons (Fsp3) is 0.294. The maximum absolute atomic E-state index is 10.5. The molecule has 0 aromatic heterocycles. The smallest absolute Gasteiger partial charge is 0.132 e. The second-order valence-corrected chi connectivity index (χ2v) is 8.31. The number of phenols is 2. The van der Waals surface area contributed by atoms with Crippen molar-refractivity contribution in [1.29, 1.82) is 0 Å². The van der Waals surface area contributed by atoms with Crippen LogP contribution in [0.1, 0.15) is 11.1 Å². The molecule has 0 aliphatic carbocycles. The average molecular weight is 385 g/mol. The fourth-order valence-electron chi connectivity index (χ4n) is 2.30. The predicted molar refractivity (Wildman–Crippen MR) is 106 cm³/mol. The van der Waals surface area contributed by atoms with Gasteiger partial charge in [-0.15, -0.1) is 47.0 Å². The molecule has 124 valence electrons. The van der Waals surface area contributed by atoms with Crippen LogP contribution in [0, 0.1) is 0 Å². The Kier molecular flexibility index (Phi) is 6.95. The monoisotopic (exact) mass is 384 g/mol. The molecule has 0 fully saturated rings. The number of phenolic OH excluding ortho intramolecular Hbond substituents is 2. The molecule has 0 heterocycles. The minimum Gasteiger partial charge on any atom is -0.506 e. The summed E-state index contributed by atoms with van der Waals surface area (Å²) in [5.74, 6) is 0.630. The summed E-state index contributed by atoms with van der Waals surface area (Å²) in [6.45, 7) is 0. The van der Waals surface area contributed by atoms with Crippen molar-refractivity contribution >= 4 is 47.0 Å². The first-order valence-corrected chi connectivity index (χ1v) is 11.8. The maximum atomic E-state index is 10.5. The number of thioether (sulfide) groups is 4. The van der Waals surface area contributed by atoms with Gasteiger partial charge in [0.2, 0.25) is 0 Å². The van der Waals surface area contributed by atoms with Crippen molar-refractivity contribution in [3.05, 3.63) is 35.4 Å². The third kappa shape index (κ3) is 4.29. The van der Waals surface area contributed by atoms with Crippen LogP contribution in [0.4, 0.5) is 0 Å². The molecule has 0 unspecified atom stereocenters. The zero-order valence-electron chi connectivity index (χ0n) is 13.5. The van der Waals surface area contributed by atoms with Gasteiger partial charge in [-0.1, -0.05) is 0 Å². The van der Waals surface area contributed by atoms with Gasteiger partial charge in [-0.25, -0.2) is 0 Å². The number of benzene rings is 2. The lowest BCUT2D eigenvalue weighted by atomic mass is 10.0. The number of rotatable bonds is 6. The molecule has 0 saturated carbocycles. The molecule has 2 nitrogen and oxygen atoms in total.